The van der Waals surface area contributed by atoms with Crippen LogP contribution in [0.2, 0.25) is 0 Å². The van der Waals surface area contributed by atoms with Gasteiger partial charge in [0.2, 0.25) is 0 Å². The van der Waals surface area contributed by atoms with E-state index in [1.54, 1.807) is 0 Å². The molecule has 2 rings (SSSR count). The molecular formula is C17H23F3N4O. The number of amides is 1. The standard InChI is InChI=1S/C17H23F3N4O/c1-2-21-16(24-11-12-3-4-12)23-10-9-22-15(25)13-5-7-14(8-6-13)17(18,19)20/h5-8,12H,2-4,9-11H2,1H3,(H,22,25)(H2,21,23,24). The lowest BCUT2D eigenvalue weighted by molar-refractivity contribution is -0.137. The van der Waals surface area contributed by atoms with Gasteiger partial charge in [-0.25, -0.2) is 0 Å². The van der Waals surface area contributed by atoms with Gasteiger partial charge in [-0.05, 0) is 49.9 Å². The van der Waals surface area contributed by atoms with Gasteiger partial charge in [0.1, 0.15) is 0 Å². The van der Waals surface area contributed by atoms with E-state index in [0.29, 0.717) is 25.0 Å². The molecule has 0 aromatic heterocycles. The molecule has 1 aromatic carbocycles. The molecule has 1 amide bonds. The summed E-state index contributed by atoms with van der Waals surface area (Å²) in [7, 11) is 0. The van der Waals surface area contributed by atoms with E-state index in [9.17, 15) is 18.0 Å². The van der Waals surface area contributed by atoms with Crippen molar-refractivity contribution in [3.05, 3.63) is 35.4 Å². The van der Waals surface area contributed by atoms with E-state index in [1.807, 2.05) is 6.92 Å². The Morgan fingerprint density at radius 2 is 1.76 bits per heavy atom. The summed E-state index contributed by atoms with van der Waals surface area (Å²) >= 11 is 0. The van der Waals surface area contributed by atoms with Crippen molar-refractivity contribution in [2.24, 2.45) is 10.9 Å². The third-order valence-electron chi connectivity index (χ3n) is 3.73. The minimum Gasteiger partial charge on any atom is -0.357 e. The lowest BCUT2D eigenvalue weighted by Gasteiger charge is -2.12. The van der Waals surface area contributed by atoms with E-state index in [2.05, 4.69) is 20.9 Å². The van der Waals surface area contributed by atoms with Crippen LogP contribution in [-0.4, -0.2) is 38.0 Å². The third kappa shape index (κ3) is 6.64. The zero-order chi connectivity index (χ0) is 18.3. The van der Waals surface area contributed by atoms with Crippen LogP contribution >= 0.6 is 0 Å². The number of nitrogens with zero attached hydrogens (tertiary/aromatic N) is 1. The Balaban J connectivity index is 1.74. The summed E-state index contributed by atoms with van der Waals surface area (Å²) in [6.45, 7) is 4.33. The van der Waals surface area contributed by atoms with Crippen LogP contribution in [-0.2, 0) is 6.18 Å². The molecule has 1 aromatic rings. The fourth-order valence-electron chi connectivity index (χ4n) is 2.13. The molecule has 0 aliphatic heterocycles. The fraction of sp³-hybridized carbons (Fsp3) is 0.529. The summed E-state index contributed by atoms with van der Waals surface area (Å²) in [5.74, 6) is 0.989. The van der Waals surface area contributed by atoms with Gasteiger partial charge >= 0.3 is 6.18 Å². The molecule has 0 bridgehead atoms. The normalized spacial score (nSPS) is 15.0. The highest BCUT2D eigenvalue weighted by atomic mass is 19.4. The number of hydrogen-bond donors (Lipinski definition) is 3. The van der Waals surface area contributed by atoms with E-state index in [0.717, 1.165) is 25.2 Å². The Kier molecular flexibility index (Phi) is 6.66. The summed E-state index contributed by atoms with van der Waals surface area (Å²) in [5, 5.41) is 8.91. The van der Waals surface area contributed by atoms with Gasteiger partial charge in [0.25, 0.3) is 5.91 Å². The minimum atomic E-state index is -4.40. The predicted octanol–water partition coefficient (Wildman–Crippen LogP) is 2.40. The lowest BCUT2D eigenvalue weighted by atomic mass is 10.1. The molecule has 0 radical (unpaired) electrons. The van der Waals surface area contributed by atoms with Gasteiger partial charge in [-0.3, -0.25) is 9.79 Å². The number of alkyl halides is 3. The second kappa shape index (κ2) is 8.73. The Morgan fingerprint density at radius 3 is 2.32 bits per heavy atom. The van der Waals surface area contributed by atoms with Crippen LogP contribution in [0.15, 0.2) is 29.3 Å². The zero-order valence-corrected chi connectivity index (χ0v) is 14.1. The van der Waals surface area contributed by atoms with Crippen LogP contribution in [0, 0.1) is 5.92 Å². The van der Waals surface area contributed by atoms with Gasteiger partial charge in [0, 0.05) is 31.7 Å². The molecule has 1 fully saturated rings. The van der Waals surface area contributed by atoms with Crippen molar-refractivity contribution in [1.29, 1.82) is 0 Å². The molecule has 0 spiro atoms. The number of halogens is 3. The SMILES string of the molecule is CCNC(=NCC1CC1)NCCNC(=O)c1ccc(C(F)(F)F)cc1. The number of carbonyl (C=O) groups excluding carboxylic acids is 1. The molecule has 138 valence electrons. The average molecular weight is 356 g/mol. The van der Waals surface area contributed by atoms with E-state index in [1.165, 1.54) is 25.0 Å². The molecule has 8 heteroatoms. The van der Waals surface area contributed by atoms with Crippen LogP contribution < -0.4 is 16.0 Å². The molecule has 3 N–H and O–H groups in total. The second-order valence-corrected chi connectivity index (χ2v) is 5.92. The van der Waals surface area contributed by atoms with E-state index in [-0.39, 0.29) is 5.56 Å². The quantitative estimate of drug-likeness (QED) is 0.399. The van der Waals surface area contributed by atoms with E-state index < -0.39 is 17.6 Å². The number of benzene rings is 1. The lowest BCUT2D eigenvalue weighted by Crippen LogP contribution is -2.41. The zero-order valence-electron chi connectivity index (χ0n) is 14.1. The summed E-state index contributed by atoms with van der Waals surface area (Å²) in [6.07, 6.45) is -1.94. The average Bonchev–Trinajstić information content (AvgIpc) is 3.40. The van der Waals surface area contributed by atoms with E-state index in [4.69, 9.17) is 0 Å². The smallest absolute Gasteiger partial charge is 0.357 e. The maximum Gasteiger partial charge on any atom is 0.416 e. The molecule has 0 unspecified atom stereocenters. The van der Waals surface area contributed by atoms with Crippen LogP contribution in [0.25, 0.3) is 0 Å². The summed E-state index contributed by atoms with van der Waals surface area (Å²) < 4.78 is 37.5. The molecule has 0 saturated heterocycles. The number of rotatable bonds is 7. The molecular weight excluding hydrogens is 333 g/mol. The Morgan fingerprint density at radius 1 is 1.12 bits per heavy atom. The first-order valence-electron chi connectivity index (χ1n) is 8.37. The molecule has 0 atom stereocenters. The van der Waals surface area contributed by atoms with Crippen molar-refractivity contribution in [1.82, 2.24) is 16.0 Å². The highest BCUT2D eigenvalue weighted by Gasteiger charge is 2.30. The van der Waals surface area contributed by atoms with Crippen molar-refractivity contribution in [2.75, 3.05) is 26.2 Å². The topological polar surface area (TPSA) is 65.5 Å². The van der Waals surface area contributed by atoms with Crippen LogP contribution in [0.1, 0.15) is 35.7 Å². The van der Waals surface area contributed by atoms with Gasteiger partial charge in [-0.15, -0.1) is 0 Å². The fourth-order valence-corrected chi connectivity index (χ4v) is 2.13. The van der Waals surface area contributed by atoms with Crippen molar-refractivity contribution >= 4 is 11.9 Å². The van der Waals surface area contributed by atoms with Gasteiger partial charge < -0.3 is 16.0 Å². The van der Waals surface area contributed by atoms with Gasteiger partial charge in [0.15, 0.2) is 5.96 Å². The molecule has 5 nitrogen and oxygen atoms in total. The highest BCUT2D eigenvalue weighted by Crippen LogP contribution is 2.29. The summed E-state index contributed by atoms with van der Waals surface area (Å²) in [5.41, 5.74) is -0.574. The molecule has 1 aliphatic carbocycles. The predicted molar refractivity (Wildman–Crippen MR) is 90.5 cm³/mol. The first kappa shape index (κ1) is 19.1. The largest absolute Gasteiger partial charge is 0.416 e. The number of guanidine groups is 1. The number of carbonyl (C=O) groups is 1. The highest BCUT2D eigenvalue weighted by molar-refractivity contribution is 5.94. The van der Waals surface area contributed by atoms with Gasteiger partial charge in [-0.2, -0.15) is 13.2 Å². The van der Waals surface area contributed by atoms with Crippen molar-refractivity contribution in [2.45, 2.75) is 25.9 Å². The number of hydrogen-bond acceptors (Lipinski definition) is 2. The molecule has 1 aliphatic rings. The Bertz CT molecular complexity index is 595. The Hall–Kier alpha value is -2.25. The van der Waals surface area contributed by atoms with Crippen molar-refractivity contribution in [3.8, 4) is 0 Å². The first-order valence-corrected chi connectivity index (χ1v) is 8.37. The van der Waals surface area contributed by atoms with Crippen LogP contribution in [0.4, 0.5) is 13.2 Å². The monoisotopic (exact) mass is 356 g/mol. The third-order valence-corrected chi connectivity index (χ3v) is 3.73. The Labute approximate surface area is 145 Å². The maximum absolute atomic E-state index is 12.5. The number of aliphatic imine (C=N–C) groups is 1. The second-order valence-electron chi connectivity index (χ2n) is 5.92. The summed E-state index contributed by atoms with van der Waals surface area (Å²) in [6, 6.07) is 4.15. The first-order chi connectivity index (χ1) is 11.9. The molecule has 0 heterocycles. The molecule has 1 saturated carbocycles. The maximum atomic E-state index is 12.5. The van der Waals surface area contributed by atoms with Crippen LogP contribution in [0.3, 0.4) is 0 Å². The van der Waals surface area contributed by atoms with Gasteiger partial charge in [-0.1, -0.05) is 0 Å². The minimum absolute atomic E-state index is 0.197. The van der Waals surface area contributed by atoms with E-state index >= 15 is 0 Å². The molecule has 25 heavy (non-hydrogen) atoms. The van der Waals surface area contributed by atoms with Gasteiger partial charge in [0.05, 0.1) is 5.56 Å². The number of nitrogens with one attached hydrogen (secondary N) is 3. The van der Waals surface area contributed by atoms with Crippen molar-refractivity contribution < 1.29 is 18.0 Å². The van der Waals surface area contributed by atoms with Crippen LogP contribution in [0.5, 0.6) is 0 Å². The summed E-state index contributed by atoms with van der Waals surface area (Å²) in [4.78, 5) is 16.4. The van der Waals surface area contributed by atoms with Crippen molar-refractivity contribution in [3.63, 3.8) is 0 Å².